The lowest BCUT2D eigenvalue weighted by Gasteiger charge is -2.38. The van der Waals surface area contributed by atoms with E-state index in [1.165, 1.54) is 0 Å². The van der Waals surface area contributed by atoms with Crippen molar-refractivity contribution in [3.05, 3.63) is 30.3 Å². The molecule has 2 rings (SSSR count). The van der Waals surface area contributed by atoms with Crippen molar-refractivity contribution in [3.8, 4) is 6.07 Å². The van der Waals surface area contributed by atoms with Gasteiger partial charge in [-0.25, -0.2) is 0 Å². The molecule has 4 heteroatoms. The second kappa shape index (κ2) is 5.85. The van der Waals surface area contributed by atoms with E-state index in [-0.39, 0.29) is 11.4 Å². The van der Waals surface area contributed by atoms with Crippen molar-refractivity contribution in [3.63, 3.8) is 0 Å². The highest BCUT2D eigenvalue weighted by atomic mass is 16.2. The molecule has 1 amide bonds. The van der Waals surface area contributed by atoms with Gasteiger partial charge in [0, 0.05) is 24.2 Å². The minimum Gasteiger partial charge on any atom is -0.325 e. The van der Waals surface area contributed by atoms with E-state index in [1.54, 1.807) is 4.90 Å². The van der Waals surface area contributed by atoms with Gasteiger partial charge in [0.2, 0.25) is 5.91 Å². The first-order valence-corrected chi connectivity index (χ1v) is 6.66. The van der Waals surface area contributed by atoms with Crippen LogP contribution in [0, 0.1) is 11.3 Å². The Hall–Kier alpha value is -1.86. The van der Waals surface area contributed by atoms with Crippen molar-refractivity contribution in [1.82, 2.24) is 0 Å². The normalized spacial score (nSPS) is 16.2. The monoisotopic (exact) mass is 257 g/mol. The first-order chi connectivity index (χ1) is 9.14. The molecular formula is C15H19N3O. The second-order valence-electron chi connectivity index (χ2n) is 5.18. The van der Waals surface area contributed by atoms with Crippen LogP contribution >= 0.6 is 0 Å². The predicted octanol–water partition coefficient (Wildman–Crippen LogP) is 2.20. The number of para-hydroxylation sites is 1. The van der Waals surface area contributed by atoms with Crippen LogP contribution < -0.4 is 10.6 Å². The van der Waals surface area contributed by atoms with Crippen molar-refractivity contribution in [2.45, 2.75) is 37.6 Å². The van der Waals surface area contributed by atoms with Crippen LogP contribution in [0.1, 0.15) is 32.1 Å². The minimum absolute atomic E-state index is 0.0173. The summed E-state index contributed by atoms with van der Waals surface area (Å²) < 4.78 is 0. The third kappa shape index (κ3) is 3.33. The van der Waals surface area contributed by atoms with Crippen LogP contribution in [-0.4, -0.2) is 18.0 Å². The zero-order chi connectivity index (χ0) is 13.7. The number of hydrogen-bond acceptors (Lipinski definition) is 3. The summed E-state index contributed by atoms with van der Waals surface area (Å²) >= 11 is 0. The van der Waals surface area contributed by atoms with E-state index >= 15 is 0 Å². The maximum atomic E-state index is 12.4. The Labute approximate surface area is 113 Å². The highest BCUT2D eigenvalue weighted by Gasteiger charge is 2.36. The van der Waals surface area contributed by atoms with Crippen molar-refractivity contribution < 1.29 is 4.79 Å². The molecule has 1 aliphatic rings. The van der Waals surface area contributed by atoms with Crippen molar-refractivity contribution in [2.75, 3.05) is 11.4 Å². The van der Waals surface area contributed by atoms with Gasteiger partial charge in [0.15, 0.2) is 0 Å². The van der Waals surface area contributed by atoms with Gasteiger partial charge in [0.05, 0.1) is 12.5 Å². The summed E-state index contributed by atoms with van der Waals surface area (Å²) in [6.45, 7) is 0.426. The number of amides is 1. The standard InChI is InChI=1S/C15H19N3O/c16-10-5-11-18(13-6-2-1-3-7-13)14(19)12-15(17)8-4-9-15/h1-3,6-7H,4-5,8-9,11-12,17H2. The van der Waals surface area contributed by atoms with Crippen molar-refractivity contribution in [1.29, 1.82) is 5.26 Å². The molecule has 19 heavy (non-hydrogen) atoms. The number of hydrogen-bond donors (Lipinski definition) is 1. The predicted molar refractivity (Wildman–Crippen MR) is 74.4 cm³/mol. The Bertz CT molecular complexity index is 474. The number of nitrogens with zero attached hydrogens (tertiary/aromatic N) is 2. The first kappa shape index (κ1) is 13.6. The lowest BCUT2D eigenvalue weighted by atomic mass is 9.75. The molecule has 0 heterocycles. The van der Waals surface area contributed by atoms with Gasteiger partial charge in [-0.15, -0.1) is 0 Å². The molecule has 1 saturated carbocycles. The topological polar surface area (TPSA) is 70.1 Å². The van der Waals surface area contributed by atoms with Gasteiger partial charge in [0.1, 0.15) is 0 Å². The second-order valence-corrected chi connectivity index (χ2v) is 5.18. The van der Waals surface area contributed by atoms with Crippen LogP contribution in [0.25, 0.3) is 0 Å². The molecule has 1 aromatic rings. The molecule has 2 N–H and O–H groups in total. The minimum atomic E-state index is -0.323. The summed E-state index contributed by atoms with van der Waals surface area (Å²) in [5.41, 5.74) is 6.65. The number of benzene rings is 1. The Morgan fingerprint density at radius 2 is 2.05 bits per heavy atom. The summed E-state index contributed by atoms with van der Waals surface area (Å²) in [5, 5.41) is 8.72. The molecular weight excluding hydrogens is 238 g/mol. The smallest absolute Gasteiger partial charge is 0.228 e. The largest absolute Gasteiger partial charge is 0.325 e. The van der Waals surface area contributed by atoms with Crippen LogP contribution in [-0.2, 0) is 4.79 Å². The van der Waals surface area contributed by atoms with Gasteiger partial charge in [-0.05, 0) is 31.4 Å². The van der Waals surface area contributed by atoms with E-state index in [0.717, 1.165) is 24.9 Å². The highest BCUT2D eigenvalue weighted by molar-refractivity contribution is 5.94. The molecule has 100 valence electrons. The summed E-state index contributed by atoms with van der Waals surface area (Å²) in [6, 6.07) is 11.6. The SMILES string of the molecule is N#CCCN(C(=O)CC1(N)CCC1)c1ccccc1. The van der Waals surface area contributed by atoms with E-state index in [2.05, 4.69) is 6.07 Å². The molecule has 0 spiro atoms. The quantitative estimate of drug-likeness (QED) is 0.879. The van der Waals surface area contributed by atoms with Crippen molar-refractivity contribution in [2.24, 2.45) is 5.73 Å². The van der Waals surface area contributed by atoms with Gasteiger partial charge in [-0.1, -0.05) is 18.2 Å². The van der Waals surface area contributed by atoms with E-state index in [0.29, 0.717) is 19.4 Å². The van der Waals surface area contributed by atoms with E-state index < -0.39 is 0 Å². The zero-order valence-electron chi connectivity index (χ0n) is 11.0. The molecule has 0 radical (unpaired) electrons. The van der Waals surface area contributed by atoms with E-state index in [4.69, 9.17) is 11.0 Å². The van der Waals surface area contributed by atoms with Gasteiger partial charge in [-0.3, -0.25) is 4.79 Å². The molecule has 0 aliphatic heterocycles. The average Bonchev–Trinajstić information content (AvgIpc) is 2.38. The van der Waals surface area contributed by atoms with Crippen LogP contribution in [0.5, 0.6) is 0 Å². The number of carbonyl (C=O) groups is 1. The fraction of sp³-hybridized carbons (Fsp3) is 0.467. The summed E-state index contributed by atoms with van der Waals surface area (Å²) in [4.78, 5) is 14.1. The Morgan fingerprint density at radius 1 is 1.37 bits per heavy atom. The zero-order valence-corrected chi connectivity index (χ0v) is 11.0. The summed E-state index contributed by atoms with van der Waals surface area (Å²) in [6.07, 6.45) is 3.64. The number of nitrogens with two attached hydrogens (primary N) is 1. The van der Waals surface area contributed by atoms with Gasteiger partial charge < -0.3 is 10.6 Å². The maximum absolute atomic E-state index is 12.4. The highest BCUT2D eigenvalue weighted by Crippen LogP contribution is 2.33. The average molecular weight is 257 g/mol. The molecule has 0 bridgehead atoms. The van der Waals surface area contributed by atoms with Gasteiger partial charge in [-0.2, -0.15) is 5.26 Å². The van der Waals surface area contributed by atoms with Gasteiger partial charge >= 0.3 is 0 Å². The number of rotatable bonds is 5. The lowest BCUT2D eigenvalue weighted by molar-refractivity contribution is -0.120. The van der Waals surface area contributed by atoms with E-state index in [9.17, 15) is 4.79 Å². The summed E-state index contributed by atoms with van der Waals surface area (Å²) in [7, 11) is 0. The molecule has 1 aromatic carbocycles. The molecule has 0 unspecified atom stereocenters. The summed E-state index contributed by atoms with van der Waals surface area (Å²) in [5.74, 6) is 0.0173. The lowest BCUT2D eigenvalue weighted by Crippen LogP contribution is -2.50. The fourth-order valence-electron chi connectivity index (χ4n) is 2.37. The van der Waals surface area contributed by atoms with Crippen molar-refractivity contribution >= 4 is 11.6 Å². The molecule has 0 atom stereocenters. The van der Waals surface area contributed by atoms with E-state index in [1.807, 2.05) is 30.3 Å². The Kier molecular flexibility index (Phi) is 4.18. The number of anilines is 1. The molecule has 1 fully saturated rings. The molecule has 0 saturated heterocycles. The third-order valence-corrected chi connectivity index (χ3v) is 3.67. The maximum Gasteiger partial charge on any atom is 0.228 e. The van der Waals surface area contributed by atoms with Gasteiger partial charge in [0.25, 0.3) is 0 Å². The van der Waals surface area contributed by atoms with Crippen LogP contribution in [0.15, 0.2) is 30.3 Å². The van der Waals surface area contributed by atoms with Crippen LogP contribution in [0.4, 0.5) is 5.69 Å². The molecule has 1 aliphatic carbocycles. The number of carbonyl (C=O) groups excluding carboxylic acids is 1. The van der Waals surface area contributed by atoms with Crippen LogP contribution in [0.3, 0.4) is 0 Å². The first-order valence-electron chi connectivity index (χ1n) is 6.66. The Balaban J connectivity index is 2.09. The molecule has 4 nitrogen and oxygen atoms in total. The molecule has 0 aromatic heterocycles. The third-order valence-electron chi connectivity index (χ3n) is 3.67. The van der Waals surface area contributed by atoms with Crippen LogP contribution in [0.2, 0.25) is 0 Å². The Morgan fingerprint density at radius 3 is 2.58 bits per heavy atom. The number of nitriles is 1. The fourth-order valence-corrected chi connectivity index (χ4v) is 2.37.